The zero-order chi connectivity index (χ0) is 17.6. The maximum Gasteiger partial charge on any atom is 0.311 e. The zero-order valence-corrected chi connectivity index (χ0v) is 14.1. The first kappa shape index (κ1) is 17.0. The Kier molecular flexibility index (Phi) is 5.30. The minimum atomic E-state index is -0.417. The van der Waals surface area contributed by atoms with E-state index < -0.39 is 4.92 Å². The van der Waals surface area contributed by atoms with E-state index in [9.17, 15) is 10.1 Å². The molecule has 0 amide bonds. The van der Waals surface area contributed by atoms with Gasteiger partial charge in [0.15, 0.2) is 5.75 Å². The van der Waals surface area contributed by atoms with Crippen molar-refractivity contribution in [2.75, 3.05) is 13.7 Å². The van der Waals surface area contributed by atoms with Crippen molar-refractivity contribution < 1.29 is 9.66 Å². The maximum atomic E-state index is 11.0. The van der Waals surface area contributed by atoms with Crippen molar-refractivity contribution in [3.63, 3.8) is 0 Å². The highest BCUT2D eigenvalue weighted by Gasteiger charge is 2.14. The minimum Gasteiger partial charge on any atom is -0.490 e. The molecule has 0 saturated heterocycles. The van der Waals surface area contributed by atoms with Gasteiger partial charge in [-0.2, -0.15) is 0 Å². The summed E-state index contributed by atoms with van der Waals surface area (Å²) in [5, 5.41) is 15.7. The Morgan fingerprint density at radius 2 is 2.08 bits per heavy atom. The quantitative estimate of drug-likeness (QED) is 0.371. The Bertz CT molecular complexity index is 873. The molecule has 3 rings (SSSR count). The first-order chi connectivity index (χ1) is 12.2. The van der Waals surface area contributed by atoms with Crippen LogP contribution < -0.4 is 10.1 Å². The zero-order valence-electron chi connectivity index (χ0n) is 14.1. The molecule has 0 bridgehead atoms. The normalized spacial score (nSPS) is 10.9. The van der Waals surface area contributed by atoms with Gasteiger partial charge in [0.05, 0.1) is 12.0 Å². The van der Waals surface area contributed by atoms with Crippen molar-refractivity contribution >= 4 is 16.6 Å². The van der Waals surface area contributed by atoms with Crippen molar-refractivity contribution in [2.24, 2.45) is 0 Å². The number of fused-ring (bicyclic) bond motifs is 1. The molecule has 0 saturated carbocycles. The Hall–Kier alpha value is -2.86. The van der Waals surface area contributed by atoms with Gasteiger partial charge in [-0.05, 0) is 42.6 Å². The van der Waals surface area contributed by atoms with Crippen LogP contribution in [0.3, 0.4) is 0 Å². The van der Waals surface area contributed by atoms with Gasteiger partial charge in [0.25, 0.3) is 0 Å². The first-order valence-electron chi connectivity index (χ1n) is 8.26. The lowest BCUT2D eigenvalue weighted by molar-refractivity contribution is -0.385. The number of methoxy groups -OCH3 is 1. The molecule has 0 aliphatic heterocycles. The molecule has 6 nitrogen and oxygen atoms in total. The molecule has 0 unspecified atom stereocenters. The maximum absolute atomic E-state index is 11.0. The van der Waals surface area contributed by atoms with Crippen LogP contribution in [0.25, 0.3) is 10.9 Å². The van der Waals surface area contributed by atoms with Crippen LogP contribution in [0.15, 0.2) is 48.7 Å². The molecule has 0 spiro atoms. The van der Waals surface area contributed by atoms with Gasteiger partial charge in [0, 0.05) is 29.7 Å². The number of nitrogens with one attached hydrogen (secondary N) is 2. The summed E-state index contributed by atoms with van der Waals surface area (Å²) in [4.78, 5) is 13.9. The van der Waals surface area contributed by atoms with Gasteiger partial charge in [-0.1, -0.05) is 24.3 Å². The van der Waals surface area contributed by atoms with Crippen molar-refractivity contribution in [3.05, 3.63) is 69.9 Å². The van der Waals surface area contributed by atoms with Crippen LogP contribution in [-0.2, 0) is 13.0 Å². The highest BCUT2D eigenvalue weighted by Crippen LogP contribution is 2.27. The highest BCUT2D eigenvalue weighted by molar-refractivity contribution is 5.82. The third-order valence-electron chi connectivity index (χ3n) is 4.24. The van der Waals surface area contributed by atoms with Crippen molar-refractivity contribution in [3.8, 4) is 5.75 Å². The number of para-hydroxylation sites is 1. The number of rotatable bonds is 8. The highest BCUT2D eigenvalue weighted by atomic mass is 16.6. The number of nitro groups is 1. The molecule has 0 radical (unpaired) electrons. The summed E-state index contributed by atoms with van der Waals surface area (Å²) < 4.78 is 5.02. The summed E-state index contributed by atoms with van der Waals surface area (Å²) in [5.41, 5.74) is 3.36. The van der Waals surface area contributed by atoms with E-state index in [0.717, 1.165) is 30.5 Å². The largest absolute Gasteiger partial charge is 0.490 e. The summed E-state index contributed by atoms with van der Waals surface area (Å²) in [7, 11) is 1.44. The number of H-pyrrole nitrogens is 1. The minimum absolute atomic E-state index is 0.000549. The molecule has 0 aliphatic rings. The summed E-state index contributed by atoms with van der Waals surface area (Å²) in [6, 6.07) is 13.3. The molecule has 25 heavy (non-hydrogen) atoms. The number of aryl methyl sites for hydroxylation is 1. The number of hydrogen-bond acceptors (Lipinski definition) is 4. The molecular formula is C19H21N3O3. The van der Waals surface area contributed by atoms with E-state index in [1.807, 2.05) is 12.1 Å². The molecule has 3 aromatic rings. The Balaban J connectivity index is 1.50. The van der Waals surface area contributed by atoms with Crippen molar-refractivity contribution in [2.45, 2.75) is 19.4 Å². The van der Waals surface area contributed by atoms with E-state index in [2.05, 4.69) is 34.7 Å². The predicted molar refractivity (Wildman–Crippen MR) is 98.0 cm³/mol. The van der Waals surface area contributed by atoms with Gasteiger partial charge < -0.3 is 15.0 Å². The fourth-order valence-corrected chi connectivity index (χ4v) is 2.96. The number of aromatic amines is 1. The summed E-state index contributed by atoms with van der Waals surface area (Å²) in [5.74, 6) is 0.285. The fourth-order valence-electron chi connectivity index (χ4n) is 2.96. The van der Waals surface area contributed by atoms with Crippen LogP contribution in [0.5, 0.6) is 5.75 Å². The lowest BCUT2D eigenvalue weighted by Crippen LogP contribution is -2.15. The number of nitrogens with zero attached hydrogens (tertiary/aromatic N) is 1. The van der Waals surface area contributed by atoms with Crippen LogP contribution in [0, 0.1) is 10.1 Å². The number of aromatic nitrogens is 1. The molecule has 2 N–H and O–H groups in total. The lowest BCUT2D eigenvalue weighted by atomic mass is 10.1. The first-order valence-corrected chi connectivity index (χ1v) is 8.26. The van der Waals surface area contributed by atoms with Gasteiger partial charge >= 0.3 is 5.69 Å². The number of benzene rings is 2. The molecule has 1 aromatic heterocycles. The summed E-state index contributed by atoms with van der Waals surface area (Å²) in [6.07, 6.45) is 4.05. The van der Waals surface area contributed by atoms with E-state index in [1.54, 1.807) is 12.1 Å². The van der Waals surface area contributed by atoms with Crippen LogP contribution in [-0.4, -0.2) is 23.6 Å². The van der Waals surface area contributed by atoms with Gasteiger partial charge in [0.1, 0.15) is 0 Å². The Morgan fingerprint density at radius 1 is 1.24 bits per heavy atom. The molecule has 6 heteroatoms. The van der Waals surface area contributed by atoms with Crippen LogP contribution in [0.4, 0.5) is 5.69 Å². The van der Waals surface area contributed by atoms with Gasteiger partial charge in [-0.3, -0.25) is 10.1 Å². The average molecular weight is 339 g/mol. The van der Waals surface area contributed by atoms with E-state index in [4.69, 9.17) is 4.74 Å². The average Bonchev–Trinajstić information content (AvgIpc) is 3.04. The monoisotopic (exact) mass is 339 g/mol. The molecule has 0 aliphatic carbocycles. The Morgan fingerprint density at radius 3 is 2.88 bits per heavy atom. The molecule has 1 heterocycles. The SMILES string of the molecule is COc1ccc(CNCCCc2c[nH]c3ccccc23)cc1[N+](=O)[O-]. The van der Waals surface area contributed by atoms with Crippen molar-refractivity contribution in [1.29, 1.82) is 0 Å². The van der Waals surface area contributed by atoms with Gasteiger partial charge in [-0.25, -0.2) is 0 Å². The van der Waals surface area contributed by atoms with E-state index in [0.29, 0.717) is 6.54 Å². The van der Waals surface area contributed by atoms with Gasteiger partial charge in [-0.15, -0.1) is 0 Å². The number of hydrogen-bond donors (Lipinski definition) is 2. The summed E-state index contributed by atoms with van der Waals surface area (Å²) >= 11 is 0. The third kappa shape index (κ3) is 3.97. The fraction of sp³-hybridized carbons (Fsp3) is 0.263. The molecule has 130 valence electrons. The second-order valence-electron chi connectivity index (χ2n) is 5.90. The van der Waals surface area contributed by atoms with Crippen molar-refractivity contribution in [1.82, 2.24) is 10.3 Å². The number of ether oxygens (including phenoxy) is 1. The summed E-state index contributed by atoms with van der Waals surface area (Å²) in [6.45, 7) is 1.44. The molecular weight excluding hydrogens is 318 g/mol. The standard InChI is InChI=1S/C19H21N3O3/c1-25-19-9-8-14(11-18(19)22(23)24)12-20-10-4-5-15-13-21-17-7-3-2-6-16(15)17/h2-3,6-9,11,13,20-21H,4-5,10,12H2,1H3. The molecule has 0 fully saturated rings. The van der Waals surface area contributed by atoms with Gasteiger partial charge in [0.2, 0.25) is 0 Å². The Labute approximate surface area is 146 Å². The molecule has 2 aromatic carbocycles. The third-order valence-corrected chi connectivity index (χ3v) is 4.24. The number of nitro benzene ring substituents is 1. The van der Waals surface area contributed by atoms with E-state index in [-0.39, 0.29) is 11.4 Å². The van der Waals surface area contributed by atoms with Crippen LogP contribution >= 0.6 is 0 Å². The lowest BCUT2D eigenvalue weighted by Gasteiger charge is -2.07. The van der Waals surface area contributed by atoms with E-state index >= 15 is 0 Å². The topological polar surface area (TPSA) is 80.2 Å². The van der Waals surface area contributed by atoms with Crippen LogP contribution in [0.1, 0.15) is 17.5 Å². The second kappa shape index (κ2) is 7.81. The van der Waals surface area contributed by atoms with Crippen LogP contribution in [0.2, 0.25) is 0 Å². The smallest absolute Gasteiger partial charge is 0.311 e. The predicted octanol–water partition coefficient (Wildman–Crippen LogP) is 3.81. The van der Waals surface area contributed by atoms with E-state index in [1.165, 1.54) is 18.1 Å². The molecule has 0 atom stereocenters. The second-order valence-corrected chi connectivity index (χ2v) is 5.90.